The van der Waals surface area contributed by atoms with E-state index in [1.165, 1.54) is 16.6 Å². The predicted octanol–water partition coefficient (Wildman–Crippen LogP) is 1.75. The van der Waals surface area contributed by atoms with E-state index in [9.17, 15) is 37.6 Å². The molecule has 1 aromatic carbocycles. The molecule has 4 amide bonds. The number of fused-ring (bicyclic) bond motifs is 4. The summed E-state index contributed by atoms with van der Waals surface area (Å²) in [6, 6.07) is 5.49. The van der Waals surface area contributed by atoms with Crippen LogP contribution in [0.25, 0.3) is 10.9 Å². The van der Waals surface area contributed by atoms with Crippen LogP contribution in [0.3, 0.4) is 0 Å². The van der Waals surface area contributed by atoms with Gasteiger partial charge < -0.3 is 20.4 Å². The summed E-state index contributed by atoms with van der Waals surface area (Å²) >= 11 is 0. The zero-order chi connectivity index (χ0) is 28.9. The first-order valence-corrected chi connectivity index (χ1v) is 12.4. The Bertz CT molecular complexity index is 1380. The van der Waals surface area contributed by atoms with Gasteiger partial charge in [-0.3, -0.25) is 19.2 Å². The number of amides is 4. The third kappa shape index (κ3) is 4.77. The number of hydrogen-bond donors (Lipinski definition) is 2. The number of benzene rings is 1. The minimum absolute atomic E-state index is 0.0356. The minimum Gasteiger partial charge on any atom is -0.337 e. The highest BCUT2D eigenvalue weighted by Crippen LogP contribution is 2.43. The number of carbonyl (C=O) groups is 4. The maximum Gasteiger partial charge on any atom is 0.471 e. The van der Waals surface area contributed by atoms with E-state index in [0.29, 0.717) is 16.7 Å². The molecular formula is C25H28F3N7O4. The van der Waals surface area contributed by atoms with E-state index in [0.717, 1.165) is 11.8 Å². The molecule has 2 aliphatic heterocycles. The molecule has 11 nitrogen and oxygen atoms in total. The van der Waals surface area contributed by atoms with Crippen molar-refractivity contribution < 1.29 is 32.3 Å². The maximum atomic E-state index is 13.9. The van der Waals surface area contributed by atoms with E-state index in [-0.39, 0.29) is 25.3 Å². The van der Waals surface area contributed by atoms with Gasteiger partial charge in [0.25, 0.3) is 5.91 Å². The van der Waals surface area contributed by atoms with Crippen molar-refractivity contribution in [2.75, 3.05) is 18.9 Å². The second-order valence-electron chi connectivity index (χ2n) is 10.4. The summed E-state index contributed by atoms with van der Waals surface area (Å²) in [4.78, 5) is 53.7. The van der Waals surface area contributed by atoms with Crippen LogP contribution in [0.2, 0.25) is 0 Å². The van der Waals surface area contributed by atoms with E-state index in [2.05, 4.69) is 16.5 Å². The Kier molecular flexibility index (Phi) is 7.05. The smallest absolute Gasteiger partial charge is 0.337 e. The quantitative estimate of drug-likeness (QED) is 0.565. The van der Waals surface area contributed by atoms with Crippen LogP contribution in [-0.2, 0) is 24.7 Å². The van der Waals surface area contributed by atoms with Crippen LogP contribution >= 0.6 is 0 Å². The number of nitrogens with one attached hydrogen (secondary N) is 2. The second-order valence-corrected chi connectivity index (χ2v) is 10.4. The standard InChI is InChI=1S/C25H28F3N7O4/c1-13(2)9-18(33(4)20(36)14(3)30-23(39)25(26,27)28)21(37)34-12-24(10-15(34)11-29)22(38)31-19-16-7-5-6-8-17(16)32-35(19)24/h5-8,13-15,18H,9-10,12H2,1-4H3,(H,30,39)(H,31,38)/t14?,15-,18-,24+/m0/s1. The van der Waals surface area contributed by atoms with Gasteiger partial charge in [-0.15, -0.1) is 0 Å². The van der Waals surface area contributed by atoms with Gasteiger partial charge in [-0.05, 0) is 31.4 Å². The number of aromatic nitrogens is 2. The average molecular weight is 548 g/mol. The molecule has 2 aromatic rings. The van der Waals surface area contributed by atoms with Gasteiger partial charge in [0.15, 0.2) is 5.54 Å². The van der Waals surface area contributed by atoms with Gasteiger partial charge in [0.2, 0.25) is 11.8 Å². The molecule has 1 saturated heterocycles. The van der Waals surface area contributed by atoms with Crippen molar-refractivity contribution in [3.8, 4) is 6.07 Å². The van der Waals surface area contributed by atoms with E-state index in [1.54, 1.807) is 43.4 Å². The third-order valence-corrected chi connectivity index (χ3v) is 7.18. The first-order chi connectivity index (χ1) is 18.2. The summed E-state index contributed by atoms with van der Waals surface area (Å²) in [6.07, 6.45) is -5.08. The molecule has 208 valence electrons. The maximum absolute atomic E-state index is 13.9. The highest BCUT2D eigenvalue weighted by molar-refractivity contribution is 6.08. The lowest BCUT2D eigenvalue weighted by atomic mass is 9.96. The first kappa shape index (κ1) is 27.9. The molecule has 14 heteroatoms. The summed E-state index contributed by atoms with van der Waals surface area (Å²) in [5.74, 6) is -3.89. The monoisotopic (exact) mass is 547 g/mol. The van der Waals surface area contributed by atoms with Crippen LogP contribution in [0.15, 0.2) is 24.3 Å². The molecule has 1 spiro atoms. The normalized spacial score (nSPS) is 22.0. The van der Waals surface area contributed by atoms with Crippen molar-refractivity contribution in [1.29, 1.82) is 5.26 Å². The van der Waals surface area contributed by atoms with Gasteiger partial charge in [0.1, 0.15) is 23.9 Å². The molecule has 1 unspecified atom stereocenters. The van der Waals surface area contributed by atoms with Crippen LogP contribution in [0.4, 0.5) is 19.0 Å². The molecule has 39 heavy (non-hydrogen) atoms. The number of nitrogens with zero attached hydrogens (tertiary/aromatic N) is 5. The summed E-state index contributed by atoms with van der Waals surface area (Å²) in [5, 5.41) is 19.6. The molecule has 4 atom stereocenters. The Balaban J connectivity index is 1.63. The zero-order valence-electron chi connectivity index (χ0n) is 21.7. The number of halogens is 3. The average Bonchev–Trinajstić information content (AvgIpc) is 3.52. The predicted molar refractivity (Wildman–Crippen MR) is 132 cm³/mol. The van der Waals surface area contributed by atoms with Crippen molar-refractivity contribution in [1.82, 2.24) is 24.9 Å². The van der Waals surface area contributed by atoms with Crippen molar-refractivity contribution in [2.24, 2.45) is 5.92 Å². The molecule has 0 aliphatic carbocycles. The molecule has 2 aliphatic rings. The van der Waals surface area contributed by atoms with E-state index >= 15 is 0 Å². The number of likely N-dealkylation sites (tertiary alicyclic amines) is 1. The second kappa shape index (κ2) is 9.87. The van der Waals surface area contributed by atoms with Gasteiger partial charge >= 0.3 is 12.1 Å². The Hall–Kier alpha value is -4.15. The summed E-state index contributed by atoms with van der Waals surface area (Å²) in [7, 11) is 1.26. The lowest BCUT2D eigenvalue weighted by molar-refractivity contribution is -0.175. The highest BCUT2D eigenvalue weighted by atomic mass is 19.4. The molecule has 0 saturated carbocycles. The largest absolute Gasteiger partial charge is 0.471 e. The molecule has 4 rings (SSSR count). The lowest BCUT2D eigenvalue weighted by Crippen LogP contribution is -2.56. The van der Waals surface area contributed by atoms with Crippen molar-refractivity contribution in [3.63, 3.8) is 0 Å². The van der Waals surface area contributed by atoms with E-state index in [4.69, 9.17) is 0 Å². The SMILES string of the molecule is CC(C)C[C@@H](C(=O)N1C[C@]2(C[C@H]1C#N)C(=O)Nc1c3ccccc3nn12)N(C)C(=O)C(C)NC(=O)C(F)(F)F. The van der Waals surface area contributed by atoms with Crippen molar-refractivity contribution in [3.05, 3.63) is 24.3 Å². The highest BCUT2D eigenvalue weighted by Gasteiger charge is 2.58. The summed E-state index contributed by atoms with van der Waals surface area (Å²) < 4.78 is 39.6. The zero-order valence-corrected chi connectivity index (χ0v) is 21.7. The fourth-order valence-corrected chi connectivity index (χ4v) is 5.20. The number of rotatable bonds is 6. The number of alkyl halides is 3. The number of carbonyl (C=O) groups excluding carboxylic acids is 4. The lowest BCUT2D eigenvalue weighted by Gasteiger charge is -2.34. The van der Waals surface area contributed by atoms with Crippen molar-refractivity contribution in [2.45, 2.75) is 63.5 Å². The van der Waals surface area contributed by atoms with Crippen molar-refractivity contribution >= 4 is 40.3 Å². The number of likely N-dealkylation sites (N-methyl/N-ethyl adjacent to an activating group) is 1. The van der Waals surface area contributed by atoms with Crippen LogP contribution in [0, 0.1) is 17.2 Å². The van der Waals surface area contributed by atoms with Crippen LogP contribution in [-0.4, -0.2) is 81.1 Å². The van der Waals surface area contributed by atoms with Crippen LogP contribution in [0.1, 0.15) is 33.6 Å². The van der Waals surface area contributed by atoms with Gasteiger partial charge in [-0.25, -0.2) is 4.68 Å². The van der Waals surface area contributed by atoms with Gasteiger partial charge in [-0.2, -0.15) is 23.5 Å². The Morgan fingerprint density at radius 1 is 1.28 bits per heavy atom. The Labute approximate surface area is 221 Å². The first-order valence-electron chi connectivity index (χ1n) is 12.4. The molecule has 0 bridgehead atoms. The fraction of sp³-hybridized carbons (Fsp3) is 0.520. The van der Waals surface area contributed by atoms with E-state index < -0.39 is 53.5 Å². The fourth-order valence-electron chi connectivity index (χ4n) is 5.20. The number of anilines is 1. The molecule has 0 radical (unpaired) electrons. The number of hydrogen-bond acceptors (Lipinski definition) is 6. The molecule has 3 heterocycles. The molecule has 1 aromatic heterocycles. The summed E-state index contributed by atoms with van der Waals surface area (Å²) in [6.45, 7) is 4.50. The Morgan fingerprint density at radius 3 is 2.56 bits per heavy atom. The third-order valence-electron chi connectivity index (χ3n) is 7.18. The van der Waals surface area contributed by atoms with Gasteiger partial charge in [0.05, 0.1) is 18.1 Å². The molecular weight excluding hydrogens is 519 g/mol. The van der Waals surface area contributed by atoms with Crippen LogP contribution < -0.4 is 10.6 Å². The van der Waals surface area contributed by atoms with Crippen LogP contribution in [0.5, 0.6) is 0 Å². The molecule has 2 N–H and O–H groups in total. The number of nitriles is 1. The van der Waals surface area contributed by atoms with Gasteiger partial charge in [0, 0.05) is 18.9 Å². The topological polar surface area (TPSA) is 140 Å². The van der Waals surface area contributed by atoms with E-state index in [1.807, 2.05) is 0 Å². The molecule has 1 fully saturated rings. The Morgan fingerprint density at radius 2 is 1.95 bits per heavy atom. The van der Waals surface area contributed by atoms with Gasteiger partial charge in [-0.1, -0.05) is 26.0 Å². The minimum atomic E-state index is -5.18. The summed E-state index contributed by atoms with van der Waals surface area (Å²) in [5.41, 5.74) is -0.716.